The van der Waals surface area contributed by atoms with Gasteiger partial charge >= 0.3 is 0 Å². The summed E-state index contributed by atoms with van der Waals surface area (Å²) in [5.74, 6) is 0.243. The maximum atomic E-state index is 9.57. The number of hydrogen-bond acceptors (Lipinski definition) is 12. The molecule has 1 amide bonds. The summed E-state index contributed by atoms with van der Waals surface area (Å²) in [7, 11) is 2.50. The molecule has 0 aliphatic rings. The summed E-state index contributed by atoms with van der Waals surface area (Å²) in [5.41, 5.74) is 61.8. The molecule has 8 aromatic carbocycles. The fraction of sp³-hybridized carbons (Fsp3) is 0.118. The van der Waals surface area contributed by atoms with Crippen molar-refractivity contribution < 1.29 is 15.0 Å². The molecular formula is C68H79ClN10O3S. The molecule has 19 N–H and O–H groups in total. The van der Waals surface area contributed by atoms with Crippen molar-refractivity contribution in [1.29, 1.82) is 5.26 Å². The minimum atomic E-state index is 0.243. The molecule has 1 heterocycles. The van der Waals surface area contributed by atoms with Crippen molar-refractivity contribution in [3.8, 4) is 28.3 Å². The molecule has 0 fully saturated rings. The van der Waals surface area contributed by atoms with Gasteiger partial charge in [0.05, 0.1) is 17.4 Å². The van der Waals surface area contributed by atoms with Crippen LogP contribution in [0.4, 0.5) is 28.4 Å². The Morgan fingerprint density at radius 3 is 1.84 bits per heavy atom. The lowest BCUT2D eigenvalue weighted by Crippen LogP contribution is -1.98. The van der Waals surface area contributed by atoms with Crippen LogP contribution in [0.15, 0.2) is 193 Å². The highest BCUT2D eigenvalue weighted by molar-refractivity contribution is 7.80. The fourth-order valence-corrected chi connectivity index (χ4v) is 8.43. The smallest absolute Gasteiger partial charge is 0.204 e. The molecule has 13 nitrogen and oxygen atoms in total. The molecule has 15 heteroatoms. The van der Waals surface area contributed by atoms with E-state index in [1.165, 1.54) is 12.6 Å². The lowest BCUT2D eigenvalue weighted by atomic mass is 9.95. The summed E-state index contributed by atoms with van der Waals surface area (Å²) in [5, 5.41) is 28.9. The number of amides is 1. The van der Waals surface area contributed by atoms with Gasteiger partial charge in [0.2, 0.25) is 6.41 Å². The monoisotopic (exact) mass is 1150 g/mol. The third kappa shape index (κ3) is 21.4. The number of hydrogen-bond donors (Lipinski definition) is 12. The van der Waals surface area contributed by atoms with Crippen molar-refractivity contribution in [3.05, 3.63) is 226 Å². The predicted octanol–water partition coefficient (Wildman–Crippen LogP) is 15.2. The van der Waals surface area contributed by atoms with E-state index in [0.29, 0.717) is 33.4 Å². The number of anilines is 5. The van der Waals surface area contributed by atoms with Crippen LogP contribution in [0.2, 0.25) is 5.02 Å². The second kappa shape index (κ2) is 36.6. The fourth-order valence-electron chi connectivity index (χ4n) is 7.97. The van der Waals surface area contributed by atoms with Gasteiger partial charge in [0, 0.05) is 95.2 Å². The Bertz CT molecular complexity index is 3690. The molecule has 0 saturated heterocycles. The summed E-state index contributed by atoms with van der Waals surface area (Å²) in [6, 6.07) is 54.7. The number of rotatable bonds is 8. The molecule has 0 aliphatic heterocycles. The molecule has 0 aliphatic carbocycles. The Morgan fingerprint density at radius 2 is 1.28 bits per heavy atom. The number of aliphatic hydroxyl groups is 2. The molecule has 0 saturated carbocycles. The Labute approximate surface area is 500 Å². The van der Waals surface area contributed by atoms with Gasteiger partial charge in [-0.1, -0.05) is 153 Å². The number of fused-ring (bicyclic) bond motifs is 3. The number of para-hydroxylation sites is 1. The molecular weight excluding hydrogens is 1070 g/mol. The Balaban J connectivity index is 0.000000373. The SMILES string of the molecule is C/C=C/c1ccc(-c2ccccc2)c(N)c1/C=C(\C)O.C=C(N)c1cc(-c2ccccc2N)ccc1C=C(C)C.CC.CN.CO.N#C/C(=C\c1ccc2c(c1)[nH]c1ccc(N)cc12)c1ccc(N)cc1.NC=O.Nc1ccc(Cl)cc1S. The van der Waals surface area contributed by atoms with E-state index in [2.05, 4.69) is 79.9 Å². The number of nitrogen functional groups attached to an aromatic ring is 5. The van der Waals surface area contributed by atoms with Gasteiger partial charge in [0.1, 0.15) is 0 Å². The third-order valence-electron chi connectivity index (χ3n) is 11.5. The number of nitrogens with one attached hydrogen (secondary N) is 1. The van der Waals surface area contributed by atoms with Gasteiger partial charge in [-0.2, -0.15) is 5.26 Å². The first-order valence-corrected chi connectivity index (χ1v) is 27.0. The molecule has 432 valence electrons. The molecule has 0 atom stereocenters. The van der Waals surface area contributed by atoms with Crippen molar-refractivity contribution >= 4 is 116 Å². The van der Waals surface area contributed by atoms with Gasteiger partial charge in [0.15, 0.2) is 0 Å². The first kappa shape index (κ1) is 69.5. The number of aliphatic hydroxyl groups excluding tert-OH is 2. The van der Waals surface area contributed by atoms with Crippen LogP contribution in [0.5, 0.6) is 0 Å². The predicted molar refractivity (Wildman–Crippen MR) is 364 cm³/mol. The zero-order valence-electron chi connectivity index (χ0n) is 48.5. The number of aromatic amines is 1. The number of nitriles is 1. The standard InChI is InChI=1S/C21H16N4.C18H20N2.C18H19NO.C6H6ClNS.C2H6.CH3NO.CH5N.CH4O/c22-12-15(14-2-4-16(23)5-3-14)9-13-1-7-18-19-11-17(24)6-8-20(19)25-21(18)10-13;1-12(2)10-14-8-9-15(11-17(14)13(3)19)16-6-4-5-7-18(16)20;1-3-7-14-10-11-16(15-8-5-4-6-9-15)18(19)17(14)12-13(2)20;7-4-1-2-5(8)6(9)3-4;1-2;2-1-3;2*1-2/h1-11,25H,23-24H2;4-11H,3,19-20H2,1-2H3;3-12,20H,19H2,1-2H3;1-3,9H,8H2;1-2H3;1H,(H2,2,3);2H2,1H3;2H,1H3/b15-9+;;7-3+,13-12+;;;;;. The number of carbonyl (C=O) groups is 1. The molecule has 83 heavy (non-hydrogen) atoms. The highest BCUT2D eigenvalue weighted by Gasteiger charge is 2.11. The minimum Gasteiger partial charge on any atom is -0.513 e. The van der Waals surface area contributed by atoms with E-state index >= 15 is 0 Å². The first-order chi connectivity index (χ1) is 39.9. The number of thiol groups is 1. The topological polar surface area (TPSA) is 305 Å². The number of nitrogens with two attached hydrogens (primary N) is 8. The van der Waals surface area contributed by atoms with Gasteiger partial charge in [-0.15, -0.1) is 12.6 Å². The normalized spacial score (nSPS) is 10.3. The largest absolute Gasteiger partial charge is 0.513 e. The van der Waals surface area contributed by atoms with E-state index < -0.39 is 0 Å². The van der Waals surface area contributed by atoms with Gasteiger partial charge < -0.3 is 61.1 Å². The number of aromatic nitrogens is 1. The quantitative estimate of drug-likeness (QED) is 0.0169. The summed E-state index contributed by atoms with van der Waals surface area (Å²) in [4.78, 5) is 12.7. The van der Waals surface area contributed by atoms with E-state index in [1.54, 1.807) is 43.3 Å². The average molecular weight is 1150 g/mol. The number of allylic oxidation sites excluding steroid dienone is 4. The van der Waals surface area contributed by atoms with Crippen molar-refractivity contribution in [2.24, 2.45) is 17.2 Å². The minimum absolute atomic E-state index is 0.243. The Hall–Kier alpha value is -9.62. The summed E-state index contributed by atoms with van der Waals surface area (Å²) in [6.45, 7) is 15.6. The van der Waals surface area contributed by atoms with Crippen LogP contribution in [0, 0.1) is 11.3 Å². The number of nitrogens with zero attached hydrogens (tertiary/aromatic N) is 1. The molecule has 0 radical (unpaired) electrons. The molecule has 1 aromatic heterocycles. The second-order valence-corrected chi connectivity index (χ2v) is 18.6. The van der Waals surface area contributed by atoms with E-state index in [4.69, 9.17) is 55.9 Å². The molecule has 9 aromatic rings. The summed E-state index contributed by atoms with van der Waals surface area (Å²) in [6.07, 6.45) is 9.88. The lowest BCUT2D eigenvalue weighted by molar-refractivity contribution is -0.106. The zero-order valence-corrected chi connectivity index (χ0v) is 50.1. The molecule has 0 bridgehead atoms. The number of primary amides is 1. The van der Waals surface area contributed by atoms with Gasteiger partial charge in [-0.3, -0.25) is 4.79 Å². The van der Waals surface area contributed by atoms with Crippen LogP contribution in [-0.2, 0) is 4.79 Å². The van der Waals surface area contributed by atoms with E-state index in [0.717, 1.165) is 101 Å². The van der Waals surface area contributed by atoms with E-state index in [9.17, 15) is 10.4 Å². The average Bonchev–Trinajstić information content (AvgIpc) is 4.02. The highest BCUT2D eigenvalue weighted by Crippen LogP contribution is 2.34. The lowest BCUT2D eigenvalue weighted by Gasteiger charge is -2.12. The van der Waals surface area contributed by atoms with Crippen LogP contribution in [0.1, 0.15) is 74.9 Å². The summed E-state index contributed by atoms with van der Waals surface area (Å²) < 4.78 is 0. The van der Waals surface area contributed by atoms with Crippen LogP contribution >= 0.6 is 24.2 Å². The molecule has 0 unspecified atom stereocenters. The maximum absolute atomic E-state index is 9.57. The maximum Gasteiger partial charge on any atom is 0.204 e. The Kier molecular flexibility index (Phi) is 30.6. The second-order valence-electron chi connectivity index (χ2n) is 17.7. The number of carbonyl (C=O) groups excluding carboxylic acids is 1. The van der Waals surface area contributed by atoms with Crippen LogP contribution in [0.25, 0.3) is 79.6 Å². The van der Waals surface area contributed by atoms with Gasteiger partial charge in [-0.25, -0.2) is 0 Å². The third-order valence-corrected chi connectivity index (χ3v) is 12.1. The van der Waals surface area contributed by atoms with E-state index in [1.807, 2.05) is 154 Å². The van der Waals surface area contributed by atoms with Crippen LogP contribution in [0.3, 0.4) is 0 Å². The van der Waals surface area contributed by atoms with Crippen LogP contribution in [-0.4, -0.2) is 35.8 Å². The van der Waals surface area contributed by atoms with Gasteiger partial charge in [0.25, 0.3) is 0 Å². The molecule has 0 spiro atoms. The Morgan fingerprint density at radius 1 is 0.663 bits per heavy atom. The van der Waals surface area contributed by atoms with Crippen molar-refractivity contribution in [2.75, 3.05) is 42.8 Å². The zero-order chi connectivity index (χ0) is 62.2. The van der Waals surface area contributed by atoms with E-state index in [-0.39, 0.29) is 12.2 Å². The van der Waals surface area contributed by atoms with Crippen LogP contribution < -0.4 is 45.9 Å². The highest BCUT2D eigenvalue weighted by atomic mass is 35.5. The number of H-pyrrole nitrogens is 1. The van der Waals surface area contributed by atoms with Crippen molar-refractivity contribution in [2.45, 2.75) is 46.4 Å². The van der Waals surface area contributed by atoms with Crippen molar-refractivity contribution in [3.63, 3.8) is 0 Å². The van der Waals surface area contributed by atoms with Gasteiger partial charge in [-0.05, 0) is 147 Å². The van der Waals surface area contributed by atoms with Crippen molar-refractivity contribution in [1.82, 2.24) is 4.98 Å². The first-order valence-electron chi connectivity index (χ1n) is 26.1. The molecule has 9 rings (SSSR count). The summed E-state index contributed by atoms with van der Waals surface area (Å²) >= 11 is 9.67. The number of halogens is 1. The number of benzene rings is 8.